The Morgan fingerprint density at radius 3 is 2.26 bits per heavy atom. The number of anilines is 1. The van der Waals surface area contributed by atoms with E-state index in [9.17, 15) is 18.8 Å². The summed E-state index contributed by atoms with van der Waals surface area (Å²) < 4.78 is 25.7. The third-order valence-corrected chi connectivity index (χ3v) is 9.28. The van der Waals surface area contributed by atoms with E-state index < -0.39 is 29.2 Å². The van der Waals surface area contributed by atoms with Gasteiger partial charge >= 0.3 is 0 Å². The summed E-state index contributed by atoms with van der Waals surface area (Å²) >= 11 is 6.59. The van der Waals surface area contributed by atoms with Gasteiger partial charge in [-0.15, -0.1) is 0 Å². The molecule has 0 radical (unpaired) electrons. The molecule has 2 heterocycles. The van der Waals surface area contributed by atoms with Crippen LogP contribution in [0.15, 0.2) is 91.0 Å². The lowest BCUT2D eigenvalue weighted by Crippen LogP contribution is -2.48. The number of methoxy groups -OCH3 is 2. The Kier molecular flexibility index (Phi) is 6.25. The van der Waals surface area contributed by atoms with Crippen LogP contribution in [0.5, 0.6) is 11.5 Å². The van der Waals surface area contributed by atoms with Gasteiger partial charge in [-0.25, -0.2) is 4.39 Å². The predicted octanol–water partition coefficient (Wildman–Crippen LogP) is 6.81. The molecule has 0 N–H and O–H groups in total. The van der Waals surface area contributed by atoms with Crippen molar-refractivity contribution in [3.63, 3.8) is 0 Å². The Morgan fingerprint density at radius 1 is 0.884 bits per heavy atom. The highest BCUT2D eigenvalue weighted by atomic mass is 35.5. The lowest BCUT2D eigenvalue weighted by molar-refractivity contribution is 0.0665. The zero-order valence-electron chi connectivity index (χ0n) is 23.2. The Hall–Kier alpha value is -4.75. The summed E-state index contributed by atoms with van der Waals surface area (Å²) in [6, 6.07) is 20.9. The minimum Gasteiger partial charge on any atom is -0.497 e. The van der Waals surface area contributed by atoms with E-state index in [-0.39, 0.29) is 27.9 Å². The first kappa shape index (κ1) is 27.1. The maximum absolute atomic E-state index is 14.8. The van der Waals surface area contributed by atoms with Crippen molar-refractivity contribution in [1.29, 1.82) is 0 Å². The number of nitrogens with zero attached hydrogens (tertiary/aromatic N) is 1. The first-order valence-corrected chi connectivity index (χ1v) is 14.2. The number of ether oxygens (including phenoxy) is 2. The third-order valence-electron chi connectivity index (χ3n) is 8.95. The second-order valence-electron chi connectivity index (χ2n) is 10.9. The zero-order valence-corrected chi connectivity index (χ0v) is 24.0. The smallest absolute Gasteiger partial charge is 0.187 e. The van der Waals surface area contributed by atoms with Crippen molar-refractivity contribution in [2.75, 3.05) is 19.1 Å². The molecule has 2 aliphatic heterocycles. The van der Waals surface area contributed by atoms with E-state index in [1.807, 2.05) is 0 Å². The van der Waals surface area contributed by atoms with Crippen LogP contribution in [0.4, 0.5) is 10.1 Å². The SMILES string of the molecule is COc1ccc([C@H]2[C@H](C(=O)c3ccccc3Cl)N3c4ccc(F)cc4C=CC3C23C(=O)c2ccccc2C3=O)c(OC)c1. The predicted molar refractivity (Wildman–Crippen MR) is 161 cm³/mol. The van der Waals surface area contributed by atoms with E-state index in [0.29, 0.717) is 39.4 Å². The lowest BCUT2D eigenvalue weighted by Gasteiger charge is -2.37. The van der Waals surface area contributed by atoms with Crippen molar-refractivity contribution in [3.8, 4) is 11.5 Å². The van der Waals surface area contributed by atoms with Gasteiger partial charge in [0.05, 0.1) is 25.3 Å². The molecule has 1 saturated heterocycles. The van der Waals surface area contributed by atoms with Crippen LogP contribution in [0, 0.1) is 11.2 Å². The quantitative estimate of drug-likeness (QED) is 0.187. The monoisotopic (exact) mass is 593 g/mol. The largest absolute Gasteiger partial charge is 0.497 e. The molecular weight excluding hydrogens is 569 g/mol. The van der Waals surface area contributed by atoms with Gasteiger partial charge in [0.25, 0.3) is 0 Å². The van der Waals surface area contributed by atoms with Crippen LogP contribution >= 0.6 is 11.6 Å². The molecule has 0 amide bonds. The first-order chi connectivity index (χ1) is 20.8. The zero-order chi connectivity index (χ0) is 30.0. The Labute approximate surface area is 252 Å². The molecule has 1 aliphatic carbocycles. The van der Waals surface area contributed by atoms with Crippen LogP contribution in [-0.4, -0.2) is 43.7 Å². The molecule has 214 valence electrons. The van der Waals surface area contributed by atoms with Gasteiger partial charge in [-0.2, -0.15) is 0 Å². The fraction of sp³-hybridized carbons (Fsp3) is 0.171. The van der Waals surface area contributed by atoms with Gasteiger partial charge in [0.1, 0.15) is 28.8 Å². The summed E-state index contributed by atoms with van der Waals surface area (Å²) in [4.78, 5) is 46.2. The molecule has 6 nitrogen and oxygen atoms in total. The lowest BCUT2D eigenvalue weighted by atomic mass is 9.64. The summed E-state index contributed by atoms with van der Waals surface area (Å²) in [6.45, 7) is 0. The van der Waals surface area contributed by atoms with Gasteiger partial charge in [-0.3, -0.25) is 14.4 Å². The van der Waals surface area contributed by atoms with Crippen molar-refractivity contribution < 1.29 is 28.2 Å². The number of carbonyl (C=O) groups is 3. The van der Waals surface area contributed by atoms with Crippen LogP contribution in [0.3, 0.4) is 0 Å². The molecule has 0 bridgehead atoms. The normalized spacial score (nSPS) is 21.0. The van der Waals surface area contributed by atoms with E-state index in [0.717, 1.165) is 0 Å². The average Bonchev–Trinajstić information content (AvgIpc) is 3.46. The molecular formula is C35H25ClFNO5. The number of benzene rings is 4. The number of carbonyl (C=O) groups excluding carboxylic acids is 3. The number of ketones is 3. The molecule has 7 rings (SSSR count). The van der Waals surface area contributed by atoms with Crippen molar-refractivity contribution in [2.45, 2.75) is 18.0 Å². The van der Waals surface area contributed by atoms with E-state index in [1.54, 1.807) is 89.8 Å². The summed E-state index contributed by atoms with van der Waals surface area (Å²) in [5, 5.41) is 0.240. The molecule has 4 aromatic carbocycles. The summed E-state index contributed by atoms with van der Waals surface area (Å²) in [6.07, 6.45) is 3.46. The molecule has 8 heteroatoms. The minimum absolute atomic E-state index is 0.240. The van der Waals surface area contributed by atoms with Gasteiger partial charge in [-0.05, 0) is 36.4 Å². The van der Waals surface area contributed by atoms with Crippen molar-refractivity contribution in [2.24, 2.45) is 5.41 Å². The van der Waals surface area contributed by atoms with Gasteiger partial charge in [-0.1, -0.05) is 66.2 Å². The van der Waals surface area contributed by atoms with Gasteiger partial charge in [0.2, 0.25) is 0 Å². The molecule has 3 atom stereocenters. The van der Waals surface area contributed by atoms with Crippen LogP contribution in [0.1, 0.15) is 48.1 Å². The fourth-order valence-electron chi connectivity index (χ4n) is 7.19. The third kappa shape index (κ3) is 3.67. The highest BCUT2D eigenvalue weighted by Crippen LogP contribution is 2.62. The molecule has 3 aliphatic rings. The van der Waals surface area contributed by atoms with E-state index in [2.05, 4.69) is 0 Å². The number of hydrogen-bond donors (Lipinski definition) is 0. The van der Waals surface area contributed by atoms with Gasteiger partial charge < -0.3 is 14.4 Å². The van der Waals surface area contributed by atoms with E-state index >= 15 is 0 Å². The molecule has 4 aromatic rings. The number of hydrogen-bond acceptors (Lipinski definition) is 6. The average molecular weight is 594 g/mol. The van der Waals surface area contributed by atoms with Crippen molar-refractivity contribution >= 4 is 40.7 Å². The maximum Gasteiger partial charge on any atom is 0.187 e. The molecule has 43 heavy (non-hydrogen) atoms. The van der Waals surface area contributed by atoms with Crippen molar-refractivity contribution in [1.82, 2.24) is 0 Å². The van der Waals surface area contributed by atoms with E-state index in [4.69, 9.17) is 21.1 Å². The first-order valence-electron chi connectivity index (χ1n) is 13.8. The topological polar surface area (TPSA) is 72.9 Å². The molecule has 1 fully saturated rings. The van der Waals surface area contributed by atoms with Crippen LogP contribution in [0.25, 0.3) is 6.08 Å². The fourth-order valence-corrected chi connectivity index (χ4v) is 7.42. The van der Waals surface area contributed by atoms with Gasteiger partial charge in [0, 0.05) is 45.5 Å². The molecule has 1 unspecified atom stereocenters. The maximum atomic E-state index is 14.8. The second kappa shape index (κ2) is 9.92. The van der Waals surface area contributed by atoms with Gasteiger partial charge in [0.15, 0.2) is 17.3 Å². The highest BCUT2D eigenvalue weighted by Gasteiger charge is 2.72. The number of rotatable bonds is 5. The minimum atomic E-state index is -1.74. The standard InChI is InChI=1S/C35H25ClFNO5/c1-42-21-13-14-25(28(18-21)43-2)30-31(32(39)24-9-5-6-10-26(24)36)38-27-15-12-20(37)17-19(27)11-16-29(38)35(30)33(40)22-7-3-4-8-23(22)34(35)41/h3-18,29-31H,1-2H3/t29?,30-,31+/m0/s1. The highest BCUT2D eigenvalue weighted by molar-refractivity contribution is 6.35. The Bertz CT molecular complexity index is 1850. The molecule has 1 spiro atoms. The van der Waals surface area contributed by atoms with Crippen LogP contribution in [-0.2, 0) is 0 Å². The number of Topliss-reactive ketones (excluding diaryl/α,β-unsaturated/α-hetero) is 3. The van der Waals surface area contributed by atoms with Crippen LogP contribution < -0.4 is 14.4 Å². The number of fused-ring (bicyclic) bond motifs is 5. The number of halogens is 2. The van der Waals surface area contributed by atoms with E-state index in [1.165, 1.54) is 26.4 Å². The van der Waals surface area contributed by atoms with Crippen molar-refractivity contribution in [3.05, 3.63) is 130 Å². The Morgan fingerprint density at radius 2 is 1.58 bits per heavy atom. The Balaban J connectivity index is 1.58. The molecule has 0 saturated carbocycles. The molecule has 0 aromatic heterocycles. The summed E-state index contributed by atoms with van der Waals surface area (Å²) in [5.74, 6) is -1.73. The van der Waals surface area contributed by atoms with Crippen LogP contribution in [0.2, 0.25) is 5.02 Å². The summed E-state index contributed by atoms with van der Waals surface area (Å²) in [5.41, 5.74) is 0.663. The second-order valence-corrected chi connectivity index (χ2v) is 11.3. The summed E-state index contributed by atoms with van der Waals surface area (Å²) in [7, 11) is 3.01.